The average molecular weight is 451 g/mol. The summed E-state index contributed by atoms with van der Waals surface area (Å²) >= 11 is 0. The van der Waals surface area contributed by atoms with Crippen molar-refractivity contribution < 1.29 is 9.47 Å². The summed E-state index contributed by atoms with van der Waals surface area (Å²) < 4.78 is 11.0. The minimum absolute atomic E-state index is 0. The van der Waals surface area contributed by atoms with Gasteiger partial charge < -0.3 is 20.1 Å². The first kappa shape index (κ1) is 21.7. The smallest absolute Gasteiger partial charge is 0.190 e. The molecule has 5 nitrogen and oxygen atoms in total. The molecule has 0 radical (unpaired) electrons. The Kier molecular flexibility index (Phi) is 12.6. The summed E-state index contributed by atoms with van der Waals surface area (Å²) in [6.45, 7) is 5.25. The van der Waals surface area contributed by atoms with E-state index in [2.05, 4.69) is 21.7 Å². The normalized spacial score (nSPS) is 21.1. The minimum atomic E-state index is 0. The van der Waals surface area contributed by atoms with Gasteiger partial charge in [-0.2, -0.15) is 0 Å². The Labute approximate surface area is 164 Å². The van der Waals surface area contributed by atoms with Gasteiger partial charge in [-0.05, 0) is 44.9 Å². The molecule has 0 aromatic carbocycles. The van der Waals surface area contributed by atoms with Gasteiger partial charge in [-0.25, -0.2) is 0 Å². The number of hydrogen-bond donors (Lipinski definition) is 2. The molecular weight excluding hydrogens is 417 g/mol. The van der Waals surface area contributed by atoms with E-state index >= 15 is 0 Å². The van der Waals surface area contributed by atoms with E-state index in [9.17, 15) is 0 Å². The van der Waals surface area contributed by atoms with E-state index in [1.807, 2.05) is 7.05 Å². The van der Waals surface area contributed by atoms with Crippen LogP contribution in [0.25, 0.3) is 0 Å². The van der Waals surface area contributed by atoms with Crippen LogP contribution in [0.5, 0.6) is 0 Å². The van der Waals surface area contributed by atoms with E-state index in [-0.39, 0.29) is 24.0 Å². The van der Waals surface area contributed by atoms with Gasteiger partial charge in [0.1, 0.15) is 0 Å². The summed E-state index contributed by atoms with van der Waals surface area (Å²) in [4.78, 5) is 4.27. The van der Waals surface area contributed by atoms with Gasteiger partial charge in [-0.3, -0.25) is 4.99 Å². The first-order valence-corrected chi connectivity index (χ1v) is 9.16. The van der Waals surface area contributed by atoms with E-state index in [1.54, 1.807) is 5.57 Å². The predicted molar refractivity (Wildman–Crippen MR) is 110 cm³/mol. The highest BCUT2D eigenvalue weighted by atomic mass is 127. The number of hydrogen-bond acceptors (Lipinski definition) is 3. The summed E-state index contributed by atoms with van der Waals surface area (Å²) in [7, 11) is 1.83. The molecule has 0 aromatic heterocycles. The van der Waals surface area contributed by atoms with E-state index in [0.29, 0.717) is 5.92 Å². The Hall–Kier alpha value is -0.340. The molecular formula is C18H34IN3O2. The molecule has 6 heteroatoms. The fourth-order valence-electron chi connectivity index (χ4n) is 3.04. The fraction of sp³-hybridized carbons (Fsp3) is 0.833. The van der Waals surface area contributed by atoms with Crippen molar-refractivity contribution in [2.75, 3.05) is 46.6 Å². The molecule has 2 rings (SSSR count). The van der Waals surface area contributed by atoms with Crippen LogP contribution in [0, 0.1) is 5.92 Å². The summed E-state index contributed by atoms with van der Waals surface area (Å²) in [5.41, 5.74) is 1.60. The Morgan fingerprint density at radius 1 is 1.33 bits per heavy atom. The third-order valence-electron chi connectivity index (χ3n) is 4.48. The average Bonchev–Trinajstić information content (AvgIpc) is 3.10. The Balaban J connectivity index is 0.00000288. The Morgan fingerprint density at radius 2 is 2.21 bits per heavy atom. The van der Waals surface area contributed by atoms with E-state index in [4.69, 9.17) is 9.47 Å². The number of allylic oxidation sites excluding steroid dienone is 1. The molecule has 1 unspecified atom stereocenters. The van der Waals surface area contributed by atoms with Crippen molar-refractivity contribution in [2.24, 2.45) is 10.9 Å². The second kappa shape index (κ2) is 13.9. The highest BCUT2D eigenvalue weighted by Gasteiger charge is 2.15. The molecule has 1 aliphatic carbocycles. The first-order chi connectivity index (χ1) is 11.4. The molecule has 1 heterocycles. The molecule has 2 aliphatic rings. The van der Waals surface area contributed by atoms with Crippen LogP contribution < -0.4 is 10.6 Å². The van der Waals surface area contributed by atoms with Crippen molar-refractivity contribution in [3.05, 3.63) is 11.6 Å². The molecule has 2 N–H and O–H groups in total. The third-order valence-corrected chi connectivity index (χ3v) is 4.48. The van der Waals surface area contributed by atoms with Gasteiger partial charge in [0.05, 0.1) is 13.2 Å². The predicted octanol–water partition coefficient (Wildman–Crippen LogP) is 3.10. The molecule has 0 spiro atoms. The second-order valence-corrected chi connectivity index (χ2v) is 6.44. The molecule has 0 saturated carbocycles. The molecule has 0 amide bonds. The van der Waals surface area contributed by atoms with E-state index in [0.717, 1.165) is 64.7 Å². The minimum Gasteiger partial charge on any atom is -0.381 e. The van der Waals surface area contributed by atoms with E-state index < -0.39 is 0 Å². The molecule has 1 fully saturated rings. The zero-order valence-electron chi connectivity index (χ0n) is 15.0. The fourth-order valence-corrected chi connectivity index (χ4v) is 3.04. The second-order valence-electron chi connectivity index (χ2n) is 6.44. The number of ether oxygens (including phenoxy) is 2. The summed E-state index contributed by atoms with van der Waals surface area (Å²) in [6, 6.07) is 0. The standard InChI is InChI=1S/C18H33N3O2.HI/c1-19-18(21-11-8-16-6-3-2-4-7-16)20-10-5-12-22-14-17-9-13-23-15-17;/h6,17H,2-5,7-15H2,1H3,(H2,19,20,21);1H. The van der Waals surface area contributed by atoms with Gasteiger partial charge in [-0.1, -0.05) is 11.6 Å². The lowest BCUT2D eigenvalue weighted by Crippen LogP contribution is -2.38. The van der Waals surface area contributed by atoms with Gasteiger partial charge in [-0.15, -0.1) is 24.0 Å². The van der Waals surface area contributed by atoms with Crippen LogP contribution >= 0.6 is 24.0 Å². The summed E-state index contributed by atoms with van der Waals surface area (Å²) in [5, 5.41) is 6.74. The molecule has 24 heavy (non-hydrogen) atoms. The van der Waals surface area contributed by atoms with Crippen LogP contribution in [-0.4, -0.2) is 52.5 Å². The van der Waals surface area contributed by atoms with Crippen molar-refractivity contribution in [2.45, 2.75) is 44.9 Å². The van der Waals surface area contributed by atoms with Crippen LogP contribution in [-0.2, 0) is 9.47 Å². The molecule has 140 valence electrons. The quantitative estimate of drug-likeness (QED) is 0.186. The van der Waals surface area contributed by atoms with Crippen LogP contribution in [0.4, 0.5) is 0 Å². The molecule has 1 atom stereocenters. The Morgan fingerprint density at radius 3 is 2.92 bits per heavy atom. The molecule has 0 aromatic rings. The molecule has 0 bridgehead atoms. The number of nitrogens with zero attached hydrogens (tertiary/aromatic N) is 1. The van der Waals surface area contributed by atoms with Gasteiger partial charge in [0, 0.05) is 39.3 Å². The highest BCUT2D eigenvalue weighted by Crippen LogP contribution is 2.19. The number of halogens is 1. The van der Waals surface area contributed by atoms with Crippen LogP contribution in [0.2, 0.25) is 0 Å². The summed E-state index contributed by atoms with van der Waals surface area (Å²) in [5.74, 6) is 1.50. The zero-order chi connectivity index (χ0) is 16.2. The monoisotopic (exact) mass is 451 g/mol. The van der Waals surface area contributed by atoms with Crippen LogP contribution in [0.15, 0.2) is 16.6 Å². The Bertz CT molecular complexity index is 382. The first-order valence-electron chi connectivity index (χ1n) is 9.16. The van der Waals surface area contributed by atoms with Crippen molar-refractivity contribution in [1.82, 2.24) is 10.6 Å². The topological polar surface area (TPSA) is 54.9 Å². The van der Waals surface area contributed by atoms with Gasteiger partial charge in [0.25, 0.3) is 0 Å². The lowest BCUT2D eigenvalue weighted by atomic mass is 9.97. The van der Waals surface area contributed by atoms with Gasteiger partial charge >= 0.3 is 0 Å². The third kappa shape index (κ3) is 9.22. The maximum atomic E-state index is 5.71. The van der Waals surface area contributed by atoms with Crippen molar-refractivity contribution >= 4 is 29.9 Å². The van der Waals surface area contributed by atoms with Crippen molar-refractivity contribution in [3.8, 4) is 0 Å². The highest BCUT2D eigenvalue weighted by molar-refractivity contribution is 14.0. The summed E-state index contributed by atoms with van der Waals surface area (Å²) in [6.07, 6.45) is 10.9. The number of nitrogens with one attached hydrogen (secondary N) is 2. The van der Waals surface area contributed by atoms with Gasteiger partial charge in [0.15, 0.2) is 5.96 Å². The largest absolute Gasteiger partial charge is 0.381 e. The van der Waals surface area contributed by atoms with Crippen molar-refractivity contribution in [3.63, 3.8) is 0 Å². The maximum absolute atomic E-state index is 5.71. The molecule has 1 aliphatic heterocycles. The van der Waals surface area contributed by atoms with E-state index in [1.165, 1.54) is 25.7 Å². The van der Waals surface area contributed by atoms with Crippen LogP contribution in [0.1, 0.15) is 44.9 Å². The molecule has 1 saturated heterocycles. The SMILES string of the molecule is CN=C(NCCCOCC1CCOC1)NCCC1=CCCCC1.I. The maximum Gasteiger partial charge on any atom is 0.190 e. The number of aliphatic imine (C=N–C) groups is 1. The lowest BCUT2D eigenvalue weighted by molar-refractivity contribution is 0.0888. The number of rotatable bonds is 9. The lowest BCUT2D eigenvalue weighted by Gasteiger charge is -2.15. The van der Waals surface area contributed by atoms with Crippen LogP contribution in [0.3, 0.4) is 0 Å². The zero-order valence-corrected chi connectivity index (χ0v) is 17.3. The number of guanidine groups is 1. The van der Waals surface area contributed by atoms with Crippen molar-refractivity contribution in [1.29, 1.82) is 0 Å². The van der Waals surface area contributed by atoms with Gasteiger partial charge in [0.2, 0.25) is 0 Å².